The van der Waals surface area contributed by atoms with E-state index in [4.69, 9.17) is 5.26 Å². The Balaban J connectivity index is 1.54. The third-order valence-electron chi connectivity index (χ3n) is 5.22. The molecule has 0 bridgehead atoms. The minimum atomic E-state index is -0.960. The maximum atomic E-state index is 13.2. The number of anilines is 2. The highest BCUT2D eigenvalue weighted by Gasteiger charge is 2.58. The van der Waals surface area contributed by atoms with Crippen LogP contribution in [0, 0.1) is 16.7 Å². The van der Waals surface area contributed by atoms with E-state index >= 15 is 0 Å². The van der Waals surface area contributed by atoms with E-state index in [1.54, 1.807) is 29.2 Å². The van der Waals surface area contributed by atoms with Gasteiger partial charge >= 0.3 is 0 Å². The predicted octanol–water partition coefficient (Wildman–Crippen LogP) is 3.26. The molecule has 5 nitrogen and oxygen atoms in total. The van der Waals surface area contributed by atoms with Gasteiger partial charge in [-0.05, 0) is 61.6 Å². The zero-order valence-electron chi connectivity index (χ0n) is 14.4. The van der Waals surface area contributed by atoms with Gasteiger partial charge in [0.05, 0.1) is 11.6 Å². The van der Waals surface area contributed by atoms with Crippen LogP contribution in [0.2, 0.25) is 0 Å². The van der Waals surface area contributed by atoms with E-state index in [2.05, 4.69) is 5.32 Å². The number of nitrogens with zero attached hydrogens (tertiary/aromatic N) is 2. The molecule has 130 valence electrons. The molecule has 0 saturated heterocycles. The Kier molecular flexibility index (Phi) is 3.96. The molecule has 2 aliphatic rings. The Morgan fingerprint density at radius 1 is 1.08 bits per heavy atom. The van der Waals surface area contributed by atoms with Crippen molar-refractivity contribution in [1.29, 1.82) is 5.26 Å². The molecule has 5 heteroatoms. The topological polar surface area (TPSA) is 73.2 Å². The number of amides is 2. The maximum absolute atomic E-state index is 13.2. The fourth-order valence-electron chi connectivity index (χ4n) is 3.54. The Bertz CT molecular complexity index is 908. The number of para-hydroxylation sites is 1. The van der Waals surface area contributed by atoms with Gasteiger partial charge in [0.25, 0.3) is 0 Å². The van der Waals surface area contributed by atoms with Gasteiger partial charge in [0, 0.05) is 17.9 Å². The standard InChI is InChI=1S/C21H19N3O2/c22-14-15-7-9-17(10-8-15)23-19(25)21(11-12-21)20(26)24-13-3-5-16-4-1-2-6-18(16)24/h1-2,4,6-10H,3,5,11-13H2,(H,23,25). The number of carbonyl (C=O) groups excluding carboxylic acids is 2. The number of rotatable bonds is 3. The molecule has 1 aliphatic heterocycles. The van der Waals surface area contributed by atoms with Crippen molar-refractivity contribution in [3.8, 4) is 6.07 Å². The average Bonchev–Trinajstić information content (AvgIpc) is 3.50. The summed E-state index contributed by atoms with van der Waals surface area (Å²) in [7, 11) is 0. The summed E-state index contributed by atoms with van der Waals surface area (Å²) in [4.78, 5) is 27.8. The van der Waals surface area contributed by atoms with Crippen LogP contribution in [0.1, 0.15) is 30.4 Å². The zero-order valence-corrected chi connectivity index (χ0v) is 14.4. The second-order valence-corrected chi connectivity index (χ2v) is 6.91. The van der Waals surface area contributed by atoms with E-state index in [9.17, 15) is 9.59 Å². The molecule has 4 rings (SSSR count). The van der Waals surface area contributed by atoms with Crippen molar-refractivity contribution in [2.45, 2.75) is 25.7 Å². The summed E-state index contributed by atoms with van der Waals surface area (Å²) in [6.07, 6.45) is 3.03. The largest absolute Gasteiger partial charge is 0.325 e. The van der Waals surface area contributed by atoms with Crippen molar-refractivity contribution >= 4 is 23.2 Å². The van der Waals surface area contributed by atoms with E-state index in [1.807, 2.05) is 30.3 Å². The second kappa shape index (κ2) is 6.30. The number of benzene rings is 2. The lowest BCUT2D eigenvalue weighted by Crippen LogP contribution is -2.45. The smallest absolute Gasteiger partial charge is 0.242 e. The highest BCUT2D eigenvalue weighted by molar-refractivity contribution is 6.18. The maximum Gasteiger partial charge on any atom is 0.242 e. The highest BCUT2D eigenvalue weighted by Crippen LogP contribution is 2.49. The quantitative estimate of drug-likeness (QED) is 0.868. The predicted molar refractivity (Wildman–Crippen MR) is 98.6 cm³/mol. The zero-order chi connectivity index (χ0) is 18.1. The summed E-state index contributed by atoms with van der Waals surface area (Å²) in [5.74, 6) is -0.356. The molecular formula is C21H19N3O2. The number of hydrogen-bond acceptors (Lipinski definition) is 3. The third kappa shape index (κ3) is 2.74. The summed E-state index contributed by atoms with van der Waals surface area (Å²) in [5, 5.41) is 11.7. The minimum absolute atomic E-state index is 0.101. The lowest BCUT2D eigenvalue weighted by atomic mass is 9.97. The Morgan fingerprint density at radius 3 is 2.50 bits per heavy atom. The molecular weight excluding hydrogens is 326 g/mol. The summed E-state index contributed by atoms with van der Waals surface area (Å²) in [6, 6.07) is 16.6. The molecule has 1 fully saturated rings. The van der Waals surface area contributed by atoms with Gasteiger partial charge in [0.1, 0.15) is 5.41 Å². The van der Waals surface area contributed by atoms with E-state index in [1.165, 1.54) is 0 Å². The number of aryl methyl sites for hydroxylation is 1. The number of nitriles is 1. The Morgan fingerprint density at radius 2 is 1.81 bits per heavy atom. The van der Waals surface area contributed by atoms with Crippen molar-refractivity contribution in [2.24, 2.45) is 5.41 Å². The molecule has 1 N–H and O–H groups in total. The van der Waals surface area contributed by atoms with Crippen molar-refractivity contribution in [1.82, 2.24) is 0 Å². The van der Waals surface area contributed by atoms with Crippen LogP contribution in [0.25, 0.3) is 0 Å². The molecule has 0 spiro atoms. The fraction of sp³-hybridized carbons (Fsp3) is 0.286. The van der Waals surface area contributed by atoms with Crippen LogP contribution in [0.15, 0.2) is 48.5 Å². The normalized spacial score (nSPS) is 17.0. The average molecular weight is 345 g/mol. The number of hydrogen-bond donors (Lipinski definition) is 1. The van der Waals surface area contributed by atoms with Gasteiger partial charge < -0.3 is 10.2 Å². The third-order valence-corrected chi connectivity index (χ3v) is 5.22. The number of carbonyl (C=O) groups is 2. The van der Waals surface area contributed by atoms with E-state index in [-0.39, 0.29) is 11.8 Å². The summed E-state index contributed by atoms with van der Waals surface area (Å²) >= 11 is 0. The molecule has 2 amide bonds. The van der Waals surface area contributed by atoms with Gasteiger partial charge in [-0.15, -0.1) is 0 Å². The van der Waals surface area contributed by atoms with Crippen LogP contribution in [-0.4, -0.2) is 18.4 Å². The second-order valence-electron chi connectivity index (χ2n) is 6.91. The van der Waals surface area contributed by atoms with E-state index in [0.29, 0.717) is 30.6 Å². The first kappa shape index (κ1) is 16.3. The monoisotopic (exact) mass is 345 g/mol. The molecule has 0 aromatic heterocycles. The van der Waals surface area contributed by atoms with Crippen LogP contribution in [-0.2, 0) is 16.0 Å². The van der Waals surface area contributed by atoms with E-state index in [0.717, 1.165) is 24.1 Å². The highest BCUT2D eigenvalue weighted by atomic mass is 16.2. The minimum Gasteiger partial charge on any atom is -0.325 e. The van der Waals surface area contributed by atoms with Crippen LogP contribution in [0.3, 0.4) is 0 Å². The van der Waals surface area contributed by atoms with Gasteiger partial charge in [0.2, 0.25) is 11.8 Å². The van der Waals surface area contributed by atoms with Crippen molar-refractivity contribution < 1.29 is 9.59 Å². The van der Waals surface area contributed by atoms with Gasteiger partial charge in [0.15, 0.2) is 0 Å². The van der Waals surface area contributed by atoms with Crippen LogP contribution < -0.4 is 10.2 Å². The Hall–Kier alpha value is -3.13. The molecule has 1 heterocycles. The van der Waals surface area contributed by atoms with Crippen LogP contribution >= 0.6 is 0 Å². The van der Waals surface area contributed by atoms with Gasteiger partial charge in [-0.2, -0.15) is 5.26 Å². The first-order valence-corrected chi connectivity index (χ1v) is 8.85. The number of fused-ring (bicyclic) bond motifs is 1. The molecule has 2 aromatic rings. The summed E-state index contributed by atoms with van der Waals surface area (Å²) in [5.41, 5.74) is 2.27. The van der Waals surface area contributed by atoms with E-state index < -0.39 is 5.41 Å². The van der Waals surface area contributed by atoms with Crippen molar-refractivity contribution in [3.05, 3.63) is 59.7 Å². The Labute approximate surface area is 152 Å². The van der Waals surface area contributed by atoms with Gasteiger partial charge in [-0.1, -0.05) is 18.2 Å². The SMILES string of the molecule is N#Cc1ccc(NC(=O)C2(C(=O)N3CCCc4ccccc43)CC2)cc1. The lowest BCUT2D eigenvalue weighted by Gasteiger charge is -2.32. The van der Waals surface area contributed by atoms with Crippen LogP contribution in [0.5, 0.6) is 0 Å². The summed E-state index contributed by atoms with van der Waals surface area (Å²) in [6.45, 7) is 0.655. The fourth-order valence-corrected chi connectivity index (χ4v) is 3.54. The molecule has 0 unspecified atom stereocenters. The van der Waals surface area contributed by atoms with Crippen molar-refractivity contribution in [2.75, 3.05) is 16.8 Å². The van der Waals surface area contributed by atoms with Gasteiger partial charge in [-0.3, -0.25) is 9.59 Å². The van der Waals surface area contributed by atoms with Crippen LogP contribution in [0.4, 0.5) is 11.4 Å². The first-order chi connectivity index (χ1) is 12.6. The first-order valence-electron chi connectivity index (χ1n) is 8.85. The summed E-state index contributed by atoms with van der Waals surface area (Å²) < 4.78 is 0. The van der Waals surface area contributed by atoms with Crippen molar-refractivity contribution in [3.63, 3.8) is 0 Å². The molecule has 1 saturated carbocycles. The molecule has 2 aromatic carbocycles. The molecule has 0 atom stereocenters. The number of nitrogens with one attached hydrogen (secondary N) is 1. The van der Waals surface area contributed by atoms with Gasteiger partial charge in [-0.25, -0.2) is 0 Å². The molecule has 26 heavy (non-hydrogen) atoms. The lowest BCUT2D eigenvalue weighted by molar-refractivity contribution is -0.132. The molecule has 1 aliphatic carbocycles. The molecule has 0 radical (unpaired) electrons.